The van der Waals surface area contributed by atoms with Gasteiger partial charge in [-0.25, -0.2) is 4.79 Å². The Balaban J connectivity index is 1.82. The maximum Gasteiger partial charge on any atom is 0.411 e. The summed E-state index contributed by atoms with van der Waals surface area (Å²) in [6, 6.07) is 14.5. The van der Waals surface area contributed by atoms with Crippen molar-refractivity contribution in [3.63, 3.8) is 0 Å². The maximum atomic E-state index is 12.0. The van der Waals surface area contributed by atoms with Crippen molar-refractivity contribution >= 4 is 23.4 Å². The first kappa shape index (κ1) is 19.3. The molecule has 0 radical (unpaired) electrons. The van der Waals surface area contributed by atoms with Gasteiger partial charge in [0.2, 0.25) is 0 Å². The van der Waals surface area contributed by atoms with E-state index < -0.39 is 6.09 Å². The molecule has 26 heavy (non-hydrogen) atoms. The van der Waals surface area contributed by atoms with Gasteiger partial charge in [0, 0.05) is 11.4 Å². The maximum absolute atomic E-state index is 12.0. The summed E-state index contributed by atoms with van der Waals surface area (Å²) in [6.07, 6.45) is 0.533. The van der Waals surface area contributed by atoms with Crippen molar-refractivity contribution in [1.29, 1.82) is 0 Å². The number of anilines is 2. The number of carbonyl (C=O) groups is 2. The molecule has 0 saturated heterocycles. The molecule has 0 spiro atoms. The van der Waals surface area contributed by atoms with E-state index in [1.54, 1.807) is 24.3 Å². The highest BCUT2D eigenvalue weighted by Gasteiger charge is 2.06. The summed E-state index contributed by atoms with van der Waals surface area (Å²) in [5, 5.41) is 5.34. The fraction of sp³-hybridized carbons (Fsp3) is 0.300. The number of ether oxygens (including phenoxy) is 2. The molecule has 1 unspecified atom stereocenters. The van der Waals surface area contributed by atoms with Crippen LogP contribution in [0.5, 0.6) is 5.75 Å². The highest BCUT2D eigenvalue weighted by molar-refractivity contribution is 5.91. The van der Waals surface area contributed by atoms with Gasteiger partial charge in [0.25, 0.3) is 5.91 Å². The van der Waals surface area contributed by atoms with E-state index in [0.717, 1.165) is 12.1 Å². The van der Waals surface area contributed by atoms with Crippen molar-refractivity contribution in [2.45, 2.75) is 26.2 Å². The third kappa shape index (κ3) is 5.81. The molecule has 0 aliphatic heterocycles. The molecule has 0 saturated carbocycles. The molecule has 6 nitrogen and oxygen atoms in total. The minimum absolute atomic E-state index is 0.100. The molecule has 0 aromatic heterocycles. The van der Waals surface area contributed by atoms with Crippen LogP contribution < -0.4 is 15.4 Å². The molecule has 0 aliphatic carbocycles. The second-order valence-electron chi connectivity index (χ2n) is 5.91. The van der Waals surface area contributed by atoms with Gasteiger partial charge in [-0.2, -0.15) is 0 Å². The summed E-state index contributed by atoms with van der Waals surface area (Å²) < 4.78 is 9.96. The molecule has 1 atom stereocenters. The normalized spacial score (nSPS) is 11.3. The summed E-state index contributed by atoms with van der Waals surface area (Å²) in [5.74, 6) is 0.792. The third-order valence-electron chi connectivity index (χ3n) is 4.03. The van der Waals surface area contributed by atoms with Crippen LogP contribution in [0.2, 0.25) is 0 Å². The molecule has 2 aromatic rings. The van der Waals surface area contributed by atoms with E-state index in [-0.39, 0.29) is 12.5 Å². The Morgan fingerprint density at radius 3 is 2.12 bits per heavy atom. The SMILES string of the molecule is CCC(C)c1ccc(NC(=O)COc2ccc(NC(=O)OC)cc2)cc1. The van der Waals surface area contributed by atoms with Gasteiger partial charge in [-0.3, -0.25) is 10.1 Å². The quantitative estimate of drug-likeness (QED) is 0.771. The van der Waals surface area contributed by atoms with Crippen molar-refractivity contribution in [2.24, 2.45) is 0 Å². The number of hydrogen-bond acceptors (Lipinski definition) is 4. The minimum Gasteiger partial charge on any atom is -0.484 e. The summed E-state index contributed by atoms with van der Waals surface area (Å²) in [7, 11) is 1.29. The van der Waals surface area contributed by atoms with Crippen LogP contribution >= 0.6 is 0 Å². The Hall–Kier alpha value is -3.02. The Labute approximate surface area is 153 Å². The van der Waals surface area contributed by atoms with Crippen molar-refractivity contribution in [2.75, 3.05) is 24.4 Å². The summed E-state index contributed by atoms with van der Waals surface area (Å²) in [4.78, 5) is 23.1. The number of carbonyl (C=O) groups excluding carboxylic acids is 2. The zero-order valence-corrected chi connectivity index (χ0v) is 15.2. The number of methoxy groups -OCH3 is 1. The smallest absolute Gasteiger partial charge is 0.411 e. The molecule has 6 heteroatoms. The van der Waals surface area contributed by atoms with Crippen LogP contribution in [0.25, 0.3) is 0 Å². The number of nitrogens with one attached hydrogen (secondary N) is 2. The van der Waals surface area contributed by atoms with Crippen LogP contribution in [0.15, 0.2) is 48.5 Å². The molecular weight excluding hydrogens is 332 g/mol. The summed E-state index contributed by atoms with van der Waals surface area (Å²) >= 11 is 0. The Morgan fingerprint density at radius 1 is 0.962 bits per heavy atom. The first-order valence-electron chi connectivity index (χ1n) is 8.49. The lowest BCUT2D eigenvalue weighted by Crippen LogP contribution is -2.20. The lowest BCUT2D eigenvalue weighted by Gasteiger charge is -2.11. The largest absolute Gasteiger partial charge is 0.484 e. The zero-order chi connectivity index (χ0) is 18.9. The van der Waals surface area contributed by atoms with Gasteiger partial charge in [0.1, 0.15) is 5.75 Å². The molecule has 0 fully saturated rings. The first-order valence-corrected chi connectivity index (χ1v) is 8.49. The molecule has 138 valence electrons. The second-order valence-corrected chi connectivity index (χ2v) is 5.91. The van der Waals surface area contributed by atoms with Crippen LogP contribution in [0, 0.1) is 0 Å². The van der Waals surface area contributed by atoms with Crippen molar-refractivity contribution in [1.82, 2.24) is 0 Å². The van der Waals surface area contributed by atoms with Crippen molar-refractivity contribution in [3.05, 3.63) is 54.1 Å². The Morgan fingerprint density at radius 2 is 1.54 bits per heavy atom. The predicted molar refractivity (Wildman–Crippen MR) is 102 cm³/mol. The minimum atomic E-state index is -0.544. The predicted octanol–water partition coefficient (Wildman–Crippen LogP) is 4.40. The lowest BCUT2D eigenvalue weighted by molar-refractivity contribution is -0.118. The van der Waals surface area contributed by atoms with E-state index in [1.165, 1.54) is 12.7 Å². The molecule has 2 aromatic carbocycles. The topological polar surface area (TPSA) is 76.7 Å². The number of hydrogen-bond donors (Lipinski definition) is 2. The van der Waals surface area contributed by atoms with E-state index in [2.05, 4.69) is 29.2 Å². The van der Waals surface area contributed by atoms with E-state index >= 15 is 0 Å². The molecule has 2 rings (SSSR count). The fourth-order valence-electron chi connectivity index (χ4n) is 2.28. The zero-order valence-electron chi connectivity index (χ0n) is 15.2. The van der Waals surface area contributed by atoms with Gasteiger partial charge < -0.3 is 14.8 Å². The van der Waals surface area contributed by atoms with E-state index in [1.807, 2.05) is 24.3 Å². The standard InChI is InChI=1S/C20H24N2O4/c1-4-14(2)15-5-7-16(8-6-15)21-19(23)13-26-18-11-9-17(10-12-18)22-20(24)25-3/h5-12,14H,4,13H2,1-3H3,(H,21,23)(H,22,24). The Kier molecular flexibility index (Phi) is 7.02. The molecular formula is C20H24N2O4. The van der Waals surface area contributed by atoms with Crippen LogP contribution in [0.3, 0.4) is 0 Å². The van der Waals surface area contributed by atoms with Crippen LogP contribution in [0.1, 0.15) is 31.7 Å². The van der Waals surface area contributed by atoms with Gasteiger partial charge in [0.05, 0.1) is 7.11 Å². The molecule has 2 amide bonds. The lowest BCUT2D eigenvalue weighted by atomic mass is 9.99. The number of benzene rings is 2. The van der Waals surface area contributed by atoms with Gasteiger partial charge in [-0.1, -0.05) is 26.0 Å². The summed E-state index contributed by atoms with van der Waals surface area (Å²) in [6.45, 7) is 4.22. The van der Waals surface area contributed by atoms with E-state index in [0.29, 0.717) is 17.4 Å². The second kappa shape index (κ2) is 9.46. The average molecular weight is 356 g/mol. The van der Waals surface area contributed by atoms with Gasteiger partial charge in [-0.15, -0.1) is 0 Å². The first-order chi connectivity index (χ1) is 12.5. The van der Waals surface area contributed by atoms with Crippen molar-refractivity contribution in [3.8, 4) is 5.75 Å². The average Bonchev–Trinajstić information content (AvgIpc) is 2.67. The number of amides is 2. The van der Waals surface area contributed by atoms with Gasteiger partial charge >= 0.3 is 6.09 Å². The van der Waals surface area contributed by atoms with E-state index in [9.17, 15) is 9.59 Å². The van der Waals surface area contributed by atoms with Gasteiger partial charge in [-0.05, 0) is 54.3 Å². The van der Waals surface area contributed by atoms with E-state index in [4.69, 9.17) is 4.74 Å². The monoisotopic (exact) mass is 356 g/mol. The molecule has 2 N–H and O–H groups in total. The van der Waals surface area contributed by atoms with Crippen LogP contribution in [-0.4, -0.2) is 25.7 Å². The molecule has 0 aliphatic rings. The molecule has 0 heterocycles. The molecule has 0 bridgehead atoms. The fourth-order valence-corrected chi connectivity index (χ4v) is 2.28. The number of rotatable bonds is 7. The Bertz CT molecular complexity index is 726. The third-order valence-corrected chi connectivity index (χ3v) is 4.03. The highest BCUT2D eigenvalue weighted by atomic mass is 16.5. The van der Waals surface area contributed by atoms with Crippen molar-refractivity contribution < 1.29 is 19.1 Å². The highest BCUT2D eigenvalue weighted by Crippen LogP contribution is 2.20. The van der Waals surface area contributed by atoms with Crippen LogP contribution in [-0.2, 0) is 9.53 Å². The van der Waals surface area contributed by atoms with Crippen LogP contribution in [0.4, 0.5) is 16.2 Å². The summed E-state index contributed by atoms with van der Waals surface area (Å²) in [5.41, 5.74) is 2.57. The van der Waals surface area contributed by atoms with Gasteiger partial charge in [0.15, 0.2) is 6.61 Å².